The van der Waals surface area contributed by atoms with Gasteiger partial charge in [-0.3, -0.25) is 0 Å². The van der Waals surface area contributed by atoms with Gasteiger partial charge in [-0.1, -0.05) is 36.4 Å². The Bertz CT molecular complexity index is 692. The molecule has 0 radical (unpaired) electrons. The molecular weight excluding hydrogens is 258 g/mol. The van der Waals surface area contributed by atoms with Crippen LogP contribution < -0.4 is 5.32 Å². The number of hydrogen-bond donors (Lipinski definition) is 1. The van der Waals surface area contributed by atoms with Gasteiger partial charge in [0.1, 0.15) is 9.84 Å². The second-order valence-corrected chi connectivity index (χ2v) is 7.14. The summed E-state index contributed by atoms with van der Waals surface area (Å²) in [7, 11) is -1.23. The largest absolute Gasteiger partial charge is 0.312 e. The first-order valence-electron chi connectivity index (χ1n) is 6.25. The first-order chi connectivity index (χ1) is 8.92. The van der Waals surface area contributed by atoms with E-state index in [0.717, 1.165) is 21.9 Å². The van der Waals surface area contributed by atoms with Crippen LogP contribution in [0.15, 0.2) is 36.4 Å². The Morgan fingerprint density at radius 2 is 1.84 bits per heavy atom. The topological polar surface area (TPSA) is 46.2 Å². The predicted molar refractivity (Wildman–Crippen MR) is 80.2 cm³/mol. The lowest BCUT2D eigenvalue weighted by Gasteiger charge is -2.20. The van der Waals surface area contributed by atoms with Crippen LogP contribution in [0.4, 0.5) is 0 Å². The Morgan fingerprint density at radius 3 is 2.47 bits per heavy atom. The number of aryl methyl sites for hydroxylation is 1. The van der Waals surface area contributed by atoms with Gasteiger partial charge in [0.15, 0.2) is 0 Å². The predicted octanol–water partition coefficient (Wildman–Crippen LogP) is 2.45. The SMILES string of the molecule is CNC(CS(C)(=O)=O)c1c(C)ccc2ccccc12. The van der Waals surface area contributed by atoms with Gasteiger partial charge >= 0.3 is 0 Å². The van der Waals surface area contributed by atoms with Crippen molar-refractivity contribution in [1.82, 2.24) is 5.32 Å². The third kappa shape index (κ3) is 3.14. The summed E-state index contributed by atoms with van der Waals surface area (Å²) in [6.07, 6.45) is 1.28. The van der Waals surface area contributed by atoms with E-state index < -0.39 is 9.84 Å². The van der Waals surface area contributed by atoms with E-state index in [2.05, 4.69) is 11.4 Å². The highest BCUT2D eigenvalue weighted by Gasteiger charge is 2.19. The fraction of sp³-hybridized carbons (Fsp3) is 0.333. The van der Waals surface area contributed by atoms with Crippen LogP contribution in [0.1, 0.15) is 17.2 Å². The molecule has 102 valence electrons. The number of sulfone groups is 1. The first kappa shape index (κ1) is 14.0. The maximum atomic E-state index is 11.6. The zero-order valence-corrected chi connectivity index (χ0v) is 12.3. The van der Waals surface area contributed by atoms with E-state index in [1.807, 2.05) is 37.3 Å². The van der Waals surface area contributed by atoms with Gasteiger partial charge < -0.3 is 5.32 Å². The van der Waals surface area contributed by atoms with Gasteiger partial charge in [-0.05, 0) is 35.9 Å². The van der Waals surface area contributed by atoms with Gasteiger partial charge in [0.05, 0.1) is 5.75 Å². The quantitative estimate of drug-likeness (QED) is 0.933. The van der Waals surface area contributed by atoms with Crippen LogP contribution in [0.2, 0.25) is 0 Å². The highest BCUT2D eigenvalue weighted by atomic mass is 32.2. The Morgan fingerprint density at radius 1 is 1.16 bits per heavy atom. The molecule has 2 aromatic rings. The highest BCUT2D eigenvalue weighted by Crippen LogP contribution is 2.28. The molecular formula is C15H19NO2S. The third-order valence-electron chi connectivity index (χ3n) is 3.36. The maximum absolute atomic E-state index is 11.6. The van der Waals surface area contributed by atoms with Crippen molar-refractivity contribution in [2.24, 2.45) is 0 Å². The van der Waals surface area contributed by atoms with Gasteiger partial charge in [0.2, 0.25) is 0 Å². The molecule has 0 heterocycles. The van der Waals surface area contributed by atoms with Crippen molar-refractivity contribution >= 4 is 20.6 Å². The van der Waals surface area contributed by atoms with E-state index in [9.17, 15) is 8.42 Å². The molecule has 0 spiro atoms. The maximum Gasteiger partial charge on any atom is 0.149 e. The molecule has 0 aliphatic heterocycles. The van der Waals surface area contributed by atoms with Gasteiger partial charge in [0.25, 0.3) is 0 Å². The van der Waals surface area contributed by atoms with E-state index >= 15 is 0 Å². The van der Waals surface area contributed by atoms with Gasteiger partial charge in [0, 0.05) is 12.3 Å². The normalized spacial score (nSPS) is 13.6. The first-order valence-corrected chi connectivity index (χ1v) is 8.31. The molecule has 0 aromatic heterocycles. The summed E-state index contributed by atoms with van der Waals surface area (Å²) in [5, 5.41) is 5.38. The van der Waals surface area contributed by atoms with Gasteiger partial charge in [-0.2, -0.15) is 0 Å². The van der Waals surface area contributed by atoms with Gasteiger partial charge in [-0.15, -0.1) is 0 Å². The Hall–Kier alpha value is -1.39. The lowest BCUT2D eigenvalue weighted by Crippen LogP contribution is -2.25. The van der Waals surface area contributed by atoms with Crippen LogP contribution >= 0.6 is 0 Å². The van der Waals surface area contributed by atoms with Gasteiger partial charge in [-0.25, -0.2) is 8.42 Å². The number of rotatable bonds is 4. The molecule has 0 saturated heterocycles. The second-order valence-electron chi connectivity index (χ2n) is 4.95. The minimum atomic E-state index is -3.03. The molecule has 3 nitrogen and oxygen atoms in total. The van der Waals surface area contributed by atoms with E-state index in [1.165, 1.54) is 6.26 Å². The van der Waals surface area contributed by atoms with Crippen molar-refractivity contribution in [2.75, 3.05) is 19.1 Å². The van der Waals surface area contributed by atoms with Crippen molar-refractivity contribution in [3.8, 4) is 0 Å². The van der Waals surface area contributed by atoms with Crippen molar-refractivity contribution in [3.63, 3.8) is 0 Å². The molecule has 4 heteroatoms. The molecule has 0 aliphatic carbocycles. The molecule has 2 aromatic carbocycles. The van der Waals surface area contributed by atoms with Crippen LogP contribution in [0.5, 0.6) is 0 Å². The molecule has 1 N–H and O–H groups in total. The highest BCUT2D eigenvalue weighted by molar-refractivity contribution is 7.90. The minimum Gasteiger partial charge on any atom is -0.312 e. The van der Waals surface area contributed by atoms with Crippen molar-refractivity contribution in [1.29, 1.82) is 0 Å². The molecule has 0 saturated carbocycles. The third-order valence-corrected chi connectivity index (χ3v) is 4.29. The summed E-state index contributed by atoms with van der Waals surface area (Å²) in [6, 6.07) is 12.0. The standard InChI is InChI=1S/C15H19NO2S/c1-11-8-9-12-6-4-5-7-13(12)15(11)14(16-2)10-19(3,17)18/h4-9,14,16H,10H2,1-3H3. The summed E-state index contributed by atoms with van der Waals surface area (Å²) in [5.41, 5.74) is 2.19. The summed E-state index contributed by atoms with van der Waals surface area (Å²) < 4.78 is 23.2. The number of hydrogen-bond acceptors (Lipinski definition) is 3. The fourth-order valence-electron chi connectivity index (χ4n) is 2.48. The van der Waals surface area contributed by atoms with Crippen molar-refractivity contribution in [2.45, 2.75) is 13.0 Å². The van der Waals surface area contributed by atoms with Crippen molar-refractivity contribution in [3.05, 3.63) is 47.5 Å². The minimum absolute atomic E-state index is 0.109. The van der Waals surface area contributed by atoms with Crippen LogP contribution in [-0.4, -0.2) is 27.5 Å². The fourth-order valence-corrected chi connectivity index (χ4v) is 3.42. The molecule has 19 heavy (non-hydrogen) atoms. The average molecular weight is 277 g/mol. The van der Waals surface area contributed by atoms with Crippen molar-refractivity contribution < 1.29 is 8.42 Å². The van der Waals surface area contributed by atoms with E-state index in [-0.39, 0.29) is 11.8 Å². The van der Waals surface area contributed by atoms with Crippen LogP contribution in [0.3, 0.4) is 0 Å². The van der Waals surface area contributed by atoms with E-state index in [1.54, 1.807) is 7.05 Å². The molecule has 2 rings (SSSR count). The Balaban J connectivity index is 2.62. The lowest BCUT2D eigenvalue weighted by molar-refractivity contribution is 0.580. The summed E-state index contributed by atoms with van der Waals surface area (Å²) in [4.78, 5) is 0. The van der Waals surface area contributed by atoms with Crippen LogP contribution in [-0.2, 0) is 9.84 Å². The zero-order valence-electron chi connectivity index (χ0n) is 11.5. The van der Waals surface area contributed by atoms with Crippen LogP contribution in [0.25, 0.3) is 10.8 Å². The van der Waals surface area contributed by atoms with E-state index in [0.29, 0.717) is 0 Å². The Kier molecular flexibility index (Phi) is 3.92. The molecule has 0 fully saturated rings. The molecule has 0 bridgehead atoms. The zero-order chi connectivity index (χ0) is 14.0. The number of nitrogens with one attached hydrogen (secondary N) is 1. The smallest absolute Gasteiger partial charge is 0.149 e. The summed E-state index contributed by atoms with van der Waals surface area (Å²) >= 11 is 0. The molecule has 0 amide bonds. The molecule has 1 unspecified atom stereocenters. The molecule has 1 atom stereocenters. The monoisotopic (exact) mass is 277 g/mol. The number of fused-ring (bicyclic) bond motifs is 1. The van der Waals surface area contributed by atoms with E-state index in [4.69, 9.17) is 0 Å². The van der Waals surface area contributed by atoms with Crippen LogP contribution in [0, 0.1) is 6.92 Å². The summed E-state index contributed by atoms with van der Waals surface area (Å²) in [6.45, 7) is 2.02. The average Bonchev–Trinajstić information content (AvgIpc) is 2.35. The second kappa shape index (κ2) is 5.31. The summed E-state index contributed by atoms with van der Waals surface area (Å²) in [5.74, 6) is 0.109. The Labute approximate surface area is 114 Å². The lowest BCUT2D eigenvalue weighted by atomic mass is 9.95. The number of benzene rings is 2. The molecule has 0 aliphatic rings.